The van der Waals surface area contributed by atoms with Crippen molar-refractivity contribution in [1.29, 1.82) is 0 Å². The van der Waals surface area contributed by atoms with Crippen molar-refractivity contribution >= 4 is 24.9 Å². The van der Waals surface area contributed by atoms with Crippen LogP contribution in [0.2, 0.25) is 0 Å². The Kier molecular flexibility index (Phi) is 4.36. The Bertz CT molecular complexity index is 1540. The van der Waals surface area contributed by atoms with Crippen LogP contribution in [0, 0.1) is 0 Å². The summed E-state index contributed by atoms with van der Waals surface area (Å²) in [6.45, 7) is 13.3. The number of hydrogen-bond donors (Lipinski definition) is 6. The molecule has 182 valence electrons. The molecule has 10 N–H and O–H groups in total. The summed E-state index contributed by atoms with van der Waals surface area (Å²) in [6.07, 6.45) is 0. The molecule has 6 nitrogen and oxygen atoms in total. The van der Waals surface area contributed by atoms with E-state index in [-0.39, 0.29) is 10.6 Å². The first kappa shape index (κ1) is 23.0. The van der Waals surface area contributed by atoms with Crippen molar-refractivity contribution in [3.05, 3.63) is 64.2 Å². The summed E-state index contributed by atoms with van der Waals surface area (Å²) in [5.74, 6) is 0. The first-order valence-corrected chi connectivity index (χ1v) is 13.1. The molecule has 0 fully saturated rings. The maximum absolute atomic E-state index is 6.87. The molecule has 0 bridgehead atoms. The number of fused-ring (bicyclic) bond motifs is 9. The second kappa shape index (κ2) is 6.64. The summed E-state index contributed by atoms with van der Waals surface area (Å²) >= 11 is 0. The van der Waals surface area contributed by atoms with Gasteiger partial charge in [0.25, 0.3) is 0 Å². The zero-order valence-corrected chi connectivity index (χ0v) is 22.3. The van der Waals surface area contributed by atoms with Gasteiger partial charge in [-0.3, -0.25) is 0 Å². The molecule has 2 aliphatic carbocycles. The average molecular weight is 487 g/mol. The molecule has 7 heteroatoms. The molecule has 0 spiro atoms. The first-order chi connectivity index (χ1) is 16.1. The molecular weight excluding hydrogens is 451 g/mol. The van der Waals surface area contributed by atoms with Crippen molar-refractivity contribution < 1.29 is 0 Å². The molecule has 0 saturated heterocycles. The van der Waals surface area contributed by atoms with E-state index in [9.17, 15) is 0 Å². The van der Waals surface area contributed by atoms with Gasteiger partial charge in [-0.05, 0) is 27.5 Å². The van der Waals surface area contributed by atoms with Crippen LogP contribution in [0.15, 0.2) is 36.4 Å². The highest BCUT2D eigenvalue weighted by molar-refractivity contribution is 7.48. The number of nitrogens with two attached hydrogens (primary N) is 4. The van der Waals surface area contributed by atoms with Crippen LogP contribution in [0.1, 0.15) is 69.4 Å². The van der Waals surface area contributed by atoms with Gasteiger partial charge in [-0.1, -0.05) is 80.5 Å². The van der Waals surface area contributed by atoms with Crippen molar-refractivity contribution in [1.82, 2.24) is 9.97 Å². The van der Waals surface area contributed by atoms with Gasteiger partial charge in [0.2, 0.25) is 0 Å². The van der Waals surface area contributed by atoms with E-state index in [1.807, 2.05) is 0 Å². The quantitative estimate of drug-likeness (QED) is 0.178. The van der Waals surface area contributed by atoms with E-state index < -0.39 is 11.3 Å². The minimum absolute atomic E-state index is 0.000829. The smallest absolute Gasteiger partial charge is 0.121 e. The summed E-state index contributed by atoms with van der Waals surface area (Å²) < 4.78 is 0. The molecule has 4 aromatic rings. The Balaban J connectivity index is 1.54. The molecule has 6 rings (SSSR count). The first-order valence-electron chi connectivity index (χ1n) is 12.1. The van der Waals surface area contributed by atoms with Gasteiger partial charge in [0.15, 0.2) is 0 Å². The highest BCUT2D eigenvalue weighted by Crippen LogP contribution is 2.53. The highest BCUT2D eigenvalue weighted by Gasteiger charge is 2.46. The standard InChI is InChI=1S/C28H35N6P/c1-25(2,3)13-7-9-15-17(11-13)27(29,30)19-21(15)33-24-20-22(34-23(19)24)16-10-8-14(35-26(4,5)6)12-18(16)28(20,31)32/h7-12,33-35H,29-32H2,1-6H3. The van der Waals surface area contributed by atoms with Gasteiger partial charge in [0.05, 0.1) is 22.4 Å². The number of hydrogen-bond acceptors (Lipinski definition) is 4. The zero-order valence-electron chi connectivity index (χ0n) is 21.3. The van der Waals surface area contributed by atoms with Crippen LogP contribution < -0.4 is 28.2 Å². The molecule has 0 aliphatic heterocycles. The van der Waals surface area contributed by atoms with E-state index in [1.165, 1.54) is 10.9 Å². The summed E-state index contributed by atoms with van der Waals surface area (Å²) in [6, 6.07) is 12.9. The third-order valence-corrected chi connectivity index (χ3v) is 8.78. The van der Waals surface area contributed by atoms with Crippen LogP contribution in [0.5, 0.6) is 0 Å². The van der Waals surface area contributed by atoms with Crippen LogP contribution in [0.4, 0.5) is 0 Å². The third kappa shape index (κ3) is 3.08. The topological polar surface area (TPSA) is 136 Å². The van der Waals surface area contributed by atoms with E-state index in [0.29, 0.717) is 8.58 Å². The van der Waals surface area contributed by atoms with Gasteiger partial charge in [-0.2, -0.15) is 0 Å². The predicted molar refractivity (Wildman–Crippen MR) is 148 cm³/mol. The van der Waals surface area contributed by atoms with Gasteiger partial charge in [-0.15, -0.1) is 0 Å². The van der Waals surface area contributed by atoms with Crippen LogP contribution in [0.3, 0.4) is 0 Å². The second-order valence-corrected chi connectivity index (χ2v) is 14.7. The zero-order chi connectivity index (χ0) is 25.3. The molecule has 1 unspecified atom stereocenters. The van der Waals surface area contributed by atoms with Crippen molar-refractivity contribution in [2.45, 2.75) is 63.4 Å². The summed E-state index contributed by atoms with van der Waals surface area (Å²) in [4.78, 5) is 7.24. The van der Waals surface area contributed by atoms with Gasteiger partial charge < -0.3 is 32.9 Å². The number of aromatic nitrogens is 2. The fourth-order valence-corrected chi connectivity index (χ4v) is 7.06. The number of rotatable bonds is 1. The lowest BCUT2D eigenvalue weighted by molar-refractivity contribution is 0.569. The fourth-order valence-electron chi connectivity index (χ4n) is 5.81. The summed E-state index contributed by atoms with van der Waals surface area (Å²) in [7, 11) is 0.667. The van der Waals surface area contributed by atoms with Crippen LogP contribution in [-0.4, -0.2) is 15.1 Å². The van der Waals surface area contributed by atoms with Crippen LogP contribution in [-0.2, 0) is 16.7 Å². The Morgan fingerprint density at radius 2 is 1.17 bits per heavy atom. The maximum atomic E-state index is 6.87. The molecule has 0 saturated carbocycles. The van der Waals surface area contributed by atoms with E-state index in [4.69, 9.17) is 22.9 Å². The fraction of sp³-hybridized carbons (Fsp3) is 0.357. The lowest BCUT2D eigenvalue weighted by Gasteiger charge is -2.25. The van der Waals surface area contributed by atoms with Crippen LogP contribution >= 0.6 is 8.58 Å². The molecule has 2 aromatic heterocycles. The van der Waals surface area contributed by atoms with Crippen LogP contribution in [0.25, 0.3) is 33.5 Å². The number of nitrogens with one attached hydrogen (secondary N) is 2. The number of H-pyrrole nitrogens is 2. The molecule has 2 aromatic carbocycles. The van der Waals surface area contributed by atoms with E-state index in [2.05, 4.69) is 87.9 Å². The SMILES string of the molecule is CC(C)(C)Pc1ccc2c(c1)C(N)(N)c1c-2[nH]c2c3c([nH]c12)-c1ccc(C(C)(C)C)cc1C3(N)N. The Morgan fingerprint density at radius 1 is 0.686 bits per heavy atom. The summed E-state index contributed by atoms with van der Waals surface area (Å²) in [5.41, 5.74) is 35.8. The number of benzene rings is 2. The molecule has 0 amide bonds. The third-order valence-electron chi connectivity index (χ3n) is 7.43. The largest absolute Gasteiger partial charge is 0.353 e. The Labute approximate surface area is 208 Å². The van der Waals surface area contributed by atoms with Gasteiger partial charge >= 0.3 is 0 Å². The van der Waals surface area contributed by atoms with E-state index in [1.54, 1.807) is 0 Å². The number of aromatic amines is 2. The lowest BCUT2D eigenvalue weighted by atomic mass is 9.84. The molecular formula is C28H35N6P. The van der Waals surface area contributed by atoms with E-state index >= 15 is 0 Å². The average Bonchev–Trinajstić information content (AvgIpc) is 3.37. The second-order valence-electron chi connectivity index (χ2n) is 12.4. The van der Waals surface area contributed by atoms with Gasteiger partial charge in [0, 0.05) is 33.4 Å². The normalized spacial score (nSPS) is 17.8. The maximum Gasteiger partial charge on any atom is 0.121 e. The van der Waals surface area contributed by atoms with Crippen molar-refractivity contribution in [2.24, 2.45) is 22.9 Å². The highest BCUT2D eigenvalue weighted by atomic mass is 31.1. The molecule has 2 heterocycles. The summed E-state index contributed by atoms with van der Waals surface area (Å²) in [5, 5.41) is 1.46. The lowest BCUT2D eigenvalue weighted by Crippen LogP contribution is -2.46. The van der Waals surface area contributed by atoms with Gasteiger partial charge in [0.1, 0.15) is 11.3 Å². The van der Waals surface area contributed by atoms with Crippen molar-refractivity contribution in [3.63, 3.8) is 0 Å². The van der Waals surface area contributed by atoms with Gasteiger partial charge in [-0.25, -0.2) is 0 Å². The van der Waals surface area contributed by atoms with Crippen molar-refractivity contribution in [3.8, 4) is 22.5 Å². The minimum Gasteiger partial charge on any atom is -0.353 e. The monoisotopic (exact) mass is 486 g/mol. The molecule has 35 heavy (non-hydrogen) atoms. The minimum atomic E-state index is -1.13. The Hall–Kier alpha value is -2.47. The predicted octanol–water partition coefficient (Wildman–Crippen LogP) is 4.09. The molecule has 1 atom stereocenters. The van der Waals surface area contributed by atoms with Crippen molar-refractivity contribution in [2.75, 3.05) is 0 Å². The molecule has 2 aliphatic rings. The molecule has 0 radical (unpaired) electrons. The Morgan fingerprint density at radius 3 is 1.66 bits per heavy atom. The van der Waals surface area contributed by atoms with E-state index in [0.717, 1.165) is 55.8 Å².